The molecule has 1 amide bonds. The fraction of sp³-hybridized carbons (Fsp3) is 0.280. The number of hydrogen-bond donors (Lipinski definition) is 1. The van der Waals surface area contributed by atoms with Crippen molar-refractivity contribution in [3.8, 4) is 16.9 Å². The molecule has 1 heterocycles. The highest BCUT2D eigenvalue weighted by atomic mass is 32.1. The Bertz CT molecular complexity index is 1270. The number of carbonyl (C=O) groups is 2. The SMILES string of the molecule is COC(=O)c1c(-c2ccc3c(c2)CCCC3)csc1NC(=O)COc1ccc([N+](=O)[O-])cc1C. The van der Waals surface area contributed by atoms with Crippen molar-refractivity contribution in [3.05, 3.63) is 74.1 Å². The van der Waals surface area contributed by atoms with E-state index in [1.54, 1.807) is 6.92 Å². The lowest BCUT2D eigenvalue weighted by Crippen LogP contribution is -2.21. The molecule has 8 nitrogen and oxygen atoms in total. The molecule has 176 valence electrons. The molecule has 9 heteroatoms. The maximum Gasteiger partial charge on any atom is 0.341 e. The Balaban J connectivity index is 1.52. The monoisotopic (exact) mass is 480 g/mol. The topological polar surface area (TPSA) is 108 Å². The largest absolute Gasteiger partial charge is 0.483 e. The number of hydrogen-bond acceptors (Lipinski definition) is 7. The molecule has 0 fully saturated rings. The first kappa shape index (κ1) is 23.4. The molecule has 0 bridgehead atoms. The van der Waals surface area contributed by atoms with Crippen LogP contribution >= 0.6 is 11.3 Å². The van der Waals surface area contributed by atoms with E-state index in [4.69, 9.17) is 9.47 Å². The average Bonchev–Trinajstić information content (AvgIpc) is 3.25. The summed E-state index contributed by atoms with van der Waals surface area (Å²) in [5.74, 6) is -0.618. The summed E-state index contributed by atoms with van der Waals surface area (Å²) in [5, 5.41) is 15.9. The van der Waals surface area contributed by atoms with Gasteiger partial charge in [0.15, 0.2) is 6.61 Å². The Hall–Kier alpha value is -3.72. The van der Waals surface area contributed by atoms with Crippen molar-refractivity contribution in [2.24, 2.45) is 0 Å². The Morgan fingerprint density at radius 3 is 2.59 bits per heavy atom. The molecule has 0 spiro atoms. The number of non-ortho nitro benzene ring substituents is 1. The number of amides is 1. The summed E-state index contributed by atoms with van der Waals surface area (Å²) < 4.78 is 10.5. The van der Waals surface area contributed by atoms with Gasteiger partial charge in [0.2, 0.25) is 0 Å². The van der Waals surface area contributed by atoms with Crippen molar-refractivity contribution >= 4 is 33.9 Å². The summed E-state index contributed by atoms with van der Waals surface area (Å²) >= 11 is 1.25. The number of aryl methyl sites for hydroxylation is 3. The molecule has 0 atom stereocenters. The lowest BCUT2D eigenvalue weighted by Gasteiger charge is -2.16. The second-order valence-corrected chi connectivity index (χ2v) is 8.96. The van der Waals surface area contributed by atoms with Crippen molar-refractivity contribution in [3.63, 3.8) is 0 Å². The van der Waals surface area contributed by atoms with Gasteiger partial charge >= 0.3 is 5.97 Å². The summed E-state index contributed by atoms with van der Waals surface area (Å²) in [5.41, 5.74) is 5.07. The van der Waals surface area contributed by atoms with Crippen molar-refractivity contribution in [2.45, 2.75) is 32.6 Å². The van der Waals surface area contributed by atoms with Crippen LogP contribution in [-0.2, 0) is 22.4 Å². The quantitative estimate of drug-likeness (QED) is 0.279. The van der Waals surface area contributed by atoms with Crippen LogP contribution in [0.5, 0.6) is 5.75 Å². The number of nitrogens with one attached hydrogen (secondary N) is 1. The van der Waals surface area contributed by atoms with E-state index in [1.165, 1.54) is 54.2 Å². The van der Waals surface area contributed by atoms with Gasteiger partial charge in [0.05, 0.1) is 12.0 Å². The third-order valence-corrected chi connectivity index (χ3v) is 6.72. The number of nitro benzene ring substituents is 1. The van der Waals surface area contributed by atoms with Gasteiger partial charge in [0.25, 0.3) is 11.6 Å². The Morgan fingerprint density at radius 1 is 1.12 bits per heavy atom. The third-order valence-electron chi connectivity index (χ3n) is 5.82. The number of methoxy groups -OCH3 is 1. The fourth-order valence-corrected chi connectivity index (χ4v) is 5.06. The predicted molar refractivity (Wildman–Crippen MR) is 130 cm³/mol. The maximum absolute atomic E-state index is 12.6. The summed E-state index contributed by atoms with van der Waals surface area (Å²) in [6.45, 7) is 1.35. The van der Waals surface area contributed by atoms with Crippen molar-refractivity contribution in [1.82, 2.24) is 0 Å². The molecular formula is C25H24N2O6S. The molecule has 0 aliphatic heterocycles. The Kier molecular flexibility index (Phi) is 6.93. The summed E-state index contributed by atoms with van der Waals surface area (Å²) in [6, 6.07) is 10.4. The second-order valence-electron chi connectivity index (χ2n) is 8.08. The van der Waals surface area contributed by atoms with Crippen molar-refractivity contribution in [1.29, 1.82) is 0 Å². The molecular weight excluding hydrogens is 456 g/mol. The van der Waals surface area contributed by atoms with Crippen LogP contribution in [0.1, 0.15) is 39.9 Å². The minimum atomic E-state index is -0.531. The van der Waals surface area contributed by atoms with Gasteiger partial charge in [-0.15, -0.1) is 11.3 Å². The van der Waals surface area contributed by atoms with Gasteiger partial charge in [-0.1, -0.05) is 18.2 Å². The number of anilines is 1. The highest BCUT2D eigenvalue weighted by Crippen LogP contribution is 2.37. The van der Waals surface area contributed by atoms with Crippen LogP contribution in [0, 0.1) is 17.0 Å². The standard InChI is InChI=1S/C25H24N2O6S/c1-15-11-19(27(30)31)9-10-21(15)33-13-22(28)26-24-23(25(29)32-2)20(14-34-24)18-8-7-16-5-3-4-6-17(16)12-18/h7-12,14H,3-6,13H2,1-2H3,(H,26,28). The van der Waals surface area contributed by atoms with Crippen molar-refractivity contribution in [2.75, 3.05) is 19.0 Å². The van der Waals surface area contributed by atoms with Gasteiger partial charge in [0, 0.05) is 23.1 Å². The fourth-order valence-electron chi connectivity index (χ4n) is 4.08. The second kappa shape index (κ2) is 10.0. The first-order valence-electron chi connectivity index (χ1n) is 10.9. The predicted octanol–water partition coefficient (Wildman–Crippen LogP) is 5.31. The average molecular weight is 481 g/mol. The van der Waals surface area contributed by atoms with E-state index in [0.29, 0.717) is 27.4 Å². The van der Waals surface area contributed by atoms with Crippen LogP contribution in [0.4, 0.5) is 10.7 Å². The molecule has 1 N–H and O–H groups in total. The number of fused-ring (bicyclic) bond motifs is 1. The van der Waals surface area contributed by atoms with Crippen LogP contribution in [0.25, 0.3) is 11.1 Å². The zero-order chi connectivity index (χ0) is 24.2. The van der Waals surface area contributed by atoms with Crippen LogP contribution in [0.15, 0.2) is 41.8 Å². The van der Waals surface area contributed by atoms with E-state index in [-0.39, 0.29) is 12.3 Å². The molecule has 1 aliphatic carbocycles. The number of nitrogens with zero attached hydrogens (tertiary/aromatic N) is 1. The molecule has 3 aromatic rings. The number of esters is 1. The minimum absolute atomic E-state index is 0.0506. The zero-order valence-electron chi connectivity index (χ0n) is 18.9. The van der Waals surface area contributed by atoms with Crippen LogP contribution in [-0.4, -0.2) is 30.5 Å². The molecule has 0 saturated heterocycles. The zero-order valence-corrected chi connectivity index (χ0v) is 19.7. The summed E-state index contributed by atoms with van der Waals surface area (Å²) in [7, 11) is 1.31. The first-order valence-corrected chi connectivity index (χ1v) is 11.7. The lowest BCUT2D eigenvalue weighted by molar-refractivity contribution is -0.384. The van der Waals surface area contributed by atoms with E-state index in [1.807, 2.05) is 11.4 Å². The molecule has 1 aromatic heterocycles. The number of ether oxygens (including phenoxy) is 2. The molecule has 0 radical (unpaired) electrons. The van der Waals surface area contributed by atoms with E-state index in [9.17, 15) is 19.7 Å². The summed E-state index contributed by atoms with van der Waals surface area (Å²) in [4.78, 5) is 35.6. The molecule has 4 rings (SSSR count). The molecule has 0 unspecified atom stereocenters. The minimum Gasteiger partial charge on any atom is -0.483 e. The van der Waals surface area contributed by atoms with Gasteiger partial charge in [-0.25, -0.2) is 4.79 Å². The maximum atomic E-state index is 12.6. The number of rotatable bonds is 7. The smallest absolute Gasteiger partial charge is 0.341 e. The van der Waals surface area contributed by atoms with Gasteiger partial charge in [-0.2, -0.15) is 0 Å². The molecule has 34 heavy (non-hydrogen) atoms. The highest BCUT2D eigenvalue weighted by Gasteiger charge is 2.23. The van der Waals surface area contributed by atoms with E-state index in [2.05, 4.69) is 17.4 Å². The number of nitro groups is 1. The Morgan fingerprint density at radius 2 is 1.88 bits per heavy atom. The number of thiophene rings is 1. The van der Waals surface area contributed by atoms with Gasteiger partial charge in [-0.05, 0) is 60.9 Å². The third kappa shape index (κ3) is 4.94. The lowest BCUT2D eigenvalue weighted by atomic mass is 9.89. The van der Waals surface area contributed by atoms with Gasteiger partial charge in [-0.3, -0.25) is 14.9 Å². The molecule has 1 aliphatic rings. The van der Waals surface area contributed by atoms with Crippen LogP contribution < -0.4 is 10.1 Å². The van der Waals surface area contributed by atoms with Gasteiger partial charge in [0.1, 0.15) is 16.3 Å². The van der Waals surface area contributed by atoms with E-state index >= 15 is 0 Å². The number of benzene rings is 2. The van der Waals surface area contributed by atoms with Crippen LogP contribution in [0.2, 0.25) is 0 Å². The molecule has 2 aromatic carbocycles. The highest BCUT2D eigenvalue weighted by molar-refractivity contribution is 7.15. The van der Waals surface area contributed by atoms with E-state index in [0.717, 1.165) is 24.8 Å². The number of carbonyl (C=O) groups excluding carboxylic acids is 2. The Labute approximate surface area is 200 Å². The normalized spacial score (nSPS) is 12.5. The summed E-state index contributed by atoms with van der Waals surface area (Å²) in [6.07, 6.45) is 4.43. The van der Waals surface area contributed by atoms with E-state index < -0.39 is 16.8 Å². The van der Waals surface area contributed by atoms with Crippen molar-refractivity contribution < 1.29 is 24.0 Å². The van der Waals surface area contributed by atoms with Crippen LogP contribution in [0.3, 0.4) is 0 Å². The first-order chi connectivity index (χ1) is 16.4. The van der Waals surface area contributed by atoms with Gasteiger partial charge < -0.3 is 14.8 Å². The molecule has 0 saturated carbocycles.